The summed E-state index contributed by atoms with van der Waals surface area (Å²) in [5, 5.41) is 4.90. The summed E-state index contributed by atoms with van der Waals surface area (Å²) in [4.78, 5) is 13.4. The fourth-order valence-corrected chi connectivity index (χ4v) is 4.72. The number of hydrogen-bond donors (Lipinski definition) is 3. The summed E-state index contributed by atoms with van der Waals surface area (Å²) in [6.07, 6.45) is 3.59. The van der Waals surface area contributed by atoms with E-state index in [2.05, 4.69) is 10.0 Å². The summed E-state index contributed by atoms with van der Waals surface area (Å²) >= 11 is 1.49. The first-order valence-electron chi connectivity index (χ1n) is 8.62. The first kappa shape index (κ1) is 19.0. The van der Waals surface area contributed by atoms with E-state index in [1.165, 1.54) is 23.5 Å². The Labute approximate surface area is 157 Å². The van der Waals surface area contributed by atoms with E-state index in [1.54, 1.807) is 12.1 Å². The van der Waals surface area contributed by atoms with Gasteiger partial charge >= 0.3 is 0 Å². The standard InChI is InChI=1S/C18H23N3O3S2/c19-14-5-7-15(8-6-14)21-18(22)13-3-9-17(10-4-13)26(23,24)20-12-16-2-1-11-25-16/h1-4,9-11,14-15,20H,5-8,12,19H2,(H,21,22). The van der Waals surface area contributed by atoms with Crippen LogP contribution in [0, 0.1) is 0 Å². The minimum absolute atomic E-state index is 0.137. The second kappa shape index (κ2) is 8.30. The quantitative estimate of drug-likeness (QED) is 0.700. The van der Waals surface area contributed by atoms with Crippen LogP contribution >= 0.6 is 11.3 Å². The zero-order chi connectivity index (χ0) is 18.6. The van der Waals surface area contributed by atoms with Gasteiger partial charge in [-0.1, -0.05) is 6.07 Å². The Balaban J connectivity index is 1.59. The van der Waals surface area contributed by atoms with Crippen molar-refractivity contribution >= 4 is 27.3 Å². The number of carbonyl (C=O) groups is 1. The van der Waals surface area contributed by atoms with Crippen LogP contribution in [0.5, 0.6) is 0 Å². The molecular formula is C18H23N3O3S2. The fraction of sp³-hybridized carbons (Fsp3) is 0.389. The lowest BCUT2D eigenvalue weighted by Gasteiger charge is -2.26. The van der Waals surface area contributed by atoms with Crippen LogP contribution in [0.15, 0.2) is 46.7 Å². The Kier molecular flexibility index (Phi) is 6.08. The van der Waals surface area contributed by atoms with Gasteiger partial charge in [0.2, 0.25) is 10.0 Å². The van der Waals surface area contributed by atoms with Crippen LogP contribution < -0.4 is 15.8 Å². The molecule has 1 heterocycles. The highest BCUT2D eigenvalue weighted by Gasteiger charge is 2.21. The van der Waals surface area contributed by atoms with Crippen molar-refractivity contribution in [3.05, 3.63) is 52.2 Å². The number of thiophene rings is 1. The second-order valence-corrected chi connectivity index (χ2v) is 9.31. The lowest BCUT2D eigenvalue weighted by atomic mass is 9.91. The van der Waals surface area contributed by atoms with Gasteiger partial charge < -0.3 is 11.1 Å². The van der Waals surface area contributed by atoms with Crippen molar-refractivity contribution in [3.8, 4) is 0 Å². The zero-order valence-corrected chi connectivity index (χ0v) is 16.0. The lowest BCUT2D eigenvalue weighted by Crippen LogP contribution is -2.40. The van der Waals surface area contributed by atoms with Gasteiger partial charge in [0.05, 0.1) is 4.90 Å². The number of hydrogen-bond acceptors (Lipinski definition) is 5. The van der Waals surface area contributed by atoms with E-state index in [9.17, 15) is 13.2 Å². The fourth-order valence-electron chi connectivity index (χ4n) is 2.98. The van der Waals surface area contributed by atoms with Crippen LogP contribution in [0.1, 0.15) is 40.9 Å². The molecule has 1 fully saturated rings. The molecule has 1 aliphatic carbocycles. The van der Waals surface area contributed by atoms with Crippen LogP contribution in [-0.4, -0.2) is 26.4 Å². The Morgan fingerprint density at radius 1 is 1.12 bits per heavy atom. The van der Waals surface area contributed by atoms with E-state index in [0.29, 0.717) is 5.56 Å². The number of nitrogens with one attached hydrogen (secondary N) is 2. The van der Waals surface area contributed by atoms with Gasteiger partial charge in [-0.2, -0.15) is 0 Å². The van der Waals surface area contributed by atoms with Crippen molar-refractivity contribution in [3.63, 3.8) is 0 Å². The maximum absolute atomic E-state index is 12.3. The predicted octanol–water partition coefficient (Wildman–Crippen LogP) is 2.23. The Hall–Kier alpha value is -1.74. The van der Waals surface area contributed by atoms with Crippen molar-refractivity contribution in [2.45, 2.75) is 49.2 Å². The first-order chi connectivity index (χ1) is 12.4. The molecular weight excluding hydrogens is 370 g/mol. The highest BCUT2D eigenvalue weighted by molar-refractivity contribution is 7.89. The number of sulfonamides is 1. The molecule has 26 heavy (non-hydrogen) atoms. The molecule has 0 atom stereocenters. The smallest absolute Gasteiger partial charge is 0.251 e. The number of nitrogens with two attached hydrogens (primary N) is 1. The molecule has 0 unspecified atom stereocenters. The molecule has 1 saturated carbocycles. The number of rotatable bonds is 6. The van der Waals surface area contributed by atoms with E-state index >= 15 is 0 Å². The number of amides is 1. The highest BCUT2D eigenvalue weighted by atomic mass is 32.2. The van der Waals surface area contributed by atoms with Gasteiger partial charge in [0.15, 0.2) is 0 Å². The average Bonchev–Trinajstić information content (AvgIpc) is 3.16. The summed E-state index contributed by atoms with van der Waals surface area (Å²) in [6.45, 7) is 0.256. The van der Waals surface area contributed by atoms with E-state index in [0.717, 1.165) is 30.6 Å². The minimum atomic E-state index is -3.60. The van der Waals surface area contributed by atoms with Crippen molar-refractivity contribution in [2.75, 3.05) is 0 Å². The van der Waals surface area contributed by atoms with Crippen LogP contribution in [0.25, 0.3) is 0 Å². The third-order valence-corrected chi connectivity index (χ3v) is 6.84. The minimum Gasteiger partial charge on any atom is -0.349 e. The Bertz CT molecular complexity index is 825. The summed E-state index contributed by atoms with van der Waals surface area (Å²) in [6, 6.07) is 10.1. The predicted molar refractivity (Wildman–Crippen MR) is 102 cm³/mol. The van der Waals surface area contributed by atoms with Crippen molar-refractivity contribution < 1.29 is 13.2 Å². The molecule has 140 valence electrons. The van der Waals surface area contributed by atoms with Gasteiger partial charge in [0.25, 0.3) is 5.91 Å². The van der Waals surface area contributed by atoms with Gasteiger partial charge in [-0.3, -0.25) is 4.79 Å². The SMILES string of the molecule is NC1CCC(NC(=O)c2ccc(S(=O)(=O)NCc3cccs3)cc2)CC1. The van der Waals surface area contributed by atoms with Gasteiger partial charge in [0, 0.05) is 29.1 Å². The summed E-state index contributed by atoms with van der Waals surface area (Å²) in [7, 11) is -3.60. The molecule has 0 radical (unpaired) electrons. The lowest BCUT2D eigenvalue weighted by molar-refractivity contribution is 0.0926. The van der Waals surface area contributed by atoms with E-state index in [4.69, 9.17) is 5.73 Å². The molecule has 1 aromatic carbocycles. The molecule has 6 nitrogen and oxygen atoms in total. The normalized spacial score (nSPS) is 20.7. The molecule has 0 saturated heterocycles. The number of carbonyl (C=O) groups excluding carboxylic acids is 1. The average molecular weight is 394 g/mol. The molecule has 0 spiro atoms. The molecule has 3 rings (SSSR count). The molecule has 4 N–H and O–H groups in total. The van der Waals surface area contributed by atoms with E-state index in [1.807, 2.05) is 17.5 Å². The summed E-state index contributed by atoms with van der Waals surface area (Å²) < 4.78 is 27.2. The summed E-state index contributed by atoms with van der Waals surface area (Å²) in [5.41, 5.74) is 6.33. The van der Waals surface area contributed by atoms with Crippen LogP contribution in [-0.2, 0) is 16.6 Å². The van der Waals surface area contributed by atoms with Crippen LogP contribution in [0.3, 0.4) is 0 Å². The Morgan fingerprint density at radius 2 is 1.81 bits per heavy atom. The topological polar surface area (TPSA) is 101 Å². The second-order valence-electron chi connectivity index (χ2n) is 6.51. The first-order valence-corrected chi connectivity index (χ1v) is 11.0. The molecule has 1 aliphatic rings. The monoisotopic (exact) mass is 393 g/mol. The van der Waals surface area contributed by atoms with Gasteiger partial charge in [0.1, 0.15) is 0 Å². The van der Waals surface area contributed by atoms with Crippen molar-refractivity contribution in [1.82, 2.24) is 10.0 Å². The molecule has 2 aromatic rings. The molecule has 0 aliphatic heterocycles. The maximum atomic E-state index is 12.3. The third kappa shape index (κ3) is 4.91. The zero-order valence-electron chi connectivity index (χ0n) is 14.4. The third-order valence-electron chi connectivity index (χ3n) is 4.55. The molecule has 8 heteroatoms. The van der Waals surface area contributed by atoms with E-state index in [-0.39, 0.29) is 29.4 Å². The van der Waals surface area contributed by atoms with Gasteiger partial charge in [-0.25, -0.2) is 13.1 Å². The van der Waals surface area contributed by atoms with Gasteiger partial charge in [-0.15, -0.1) is 11.3 Å². The van der Waals surface area contributed by atoms with Crippen LogP contribution in [0.4, 0.5) is 0 Å². The number of benzene rings is 1. The highest BCUT2D eigenvalue weighted by Crippen LogP contribution is 2.18. The van der Waals surface area contributed by atoms with E-state index < -0.39 is 10.0 Å². The molecule has 1 aromatic heterocycles. The molecule has 1 amide bonds. The molecule has 0 bridgehead atoms. The van der Waals surface area contributed by atoms with Crippen molar-refractivity contribution in [2.24, 2.45) is 5.73 Å². The van der Waals surface area contributed by atoms with Crippen molar-refractivity contribution in [1.29, 1.82) is 0 Å². The maximum Gasteiger partial charge on any atom is 0.251 e. The Morgan fingerprint density at radius 3 is 2.42 bits per heavy atom. The largest absolute Gasteiger partial charge is 0.349 e. The van der Waals surface area contributed by atoms with Crippen LogP contribution in [0.2, 0.25) is 0 Å². The summed E-state index contributed by atoms with van der Waals surface area (Å²) in [5.74, 6) is -0.180. The van der Waals surface area contributed by atoms with Gasteiger partial charge in [-0.05, 0) is 61.4 Å².